The van der Waals surface area contributed by atoms with E-state index in [0.717, 1.165) is 0 Å². The van der Waals surface area contributed by atoms with Crippen molar-refractivity contribution >= 4 is 34.5 Å². The second-order valence-corrected chi connectivity index (χ2v) is 5.18. The molecule has 5 nitrogen and oxygen atoms in total. The Morgan fingerprint density at radius 2 is 1.95 bits per heavy atom. The standard InChI is InChI=1S/C14H17INO4/c1-9(2)13(16)14(18)20-11-6-4-3-5-10(11)7-12(17)19-8-15/h3-6,9,13,16H,7-8H2,1-2H3/q-1. The van der Waals surface area contributed by atoms with Gasteiger partial charge < -0.3 is 15.2 Å². The molecule has 1 aromatic carbocycles. The fraction of sp³-hybridized carbons (Fsp3) is 0.429. The number of rotatable bonds is 6. The van der Waals surface area contributed by atoms with E-state index in [0.29, 0.717) is 11.3 Å². The number of hydrogen-bond donors (Lipinski definition) is 0. The third-order valence-electron chi connectivity index (χ3n) is 2.65. The number of ether oxygens (including phenoxy) is 2. The van der Waals surface area contributed by atoms with Crippen LogP contribution < -0.4 is 4.74 Å². The fourth-order valence-corrected chi connectivity index (χ4v) is 1.81. The Morgan fingerprint density at radius 1 is 1.30 bits per heavy atom. The molecule has 0 saturated heterocycles. The molecule has 0 heterocycles. The molecule has 6 heteroatoms. The van der Waals surface area contributed by atoms with E-state index in [9.17, 15) is 9.59 Å². The van der Waals surface area contributed by atoms with Crippen LogP contribution in [-0.4, -0.2) is 22.6 Å². The second kappa shape index (κ2) is 8.21. The Morgan fingerprint density at radius 3 is 2.55 bits per heavy atom. The fourth-order valence-electron chi connectivity index (χ4n) is 1.46. The van der Waals surface area contributed by atoms with Gasteiger partial charge in [0.2, 0.25) is 0 Å². The maximum atomic E-state index is 11.8. The van der Waals surface area contributed by atoms with E-state index in [4.69, 9.17) is 15.2 Å². The zero-order chi connectivity index (χ0) is 15.1. The summed E-state index contributed by atoms with van der Waals surface area (Å²) in [4.78, 5) is 23.3. The van der Waals surface area contributed by atoms with E-state index in [1.54, 1.807) is 38.1 Å². The van der Waals surface area contributed by atoms with Crippen LogP contribution in [0.2, 0.25) is 0 Å². The summed E-state index contributed by atoms with van der Waals surface area (Å²) in [7, 11) is 0. The lowest BCUT2D eigenvalue weighted by molar-refractivity contribution is -0.140. The van der Waals surface area contributed by atoms with Crippen molar-refractivity contribution in [2.75, 3.05) is 4.61 Å². The molecule has 1 unspecified atom stereocenters. The van der Waals surface area contributed by atoms with Gasteiger partial charge in [0.1, 0.15) is 10.4 Å². The lowest BCUT2D eigenvalue weighted by Gasteiger charge is -2.22. The van der Waals surface area contributed by atoms with Crippen LogP contribution >= 0.6 is 22.6 Å². The van der Waals surface area contributed by atoms with Gasteiger partial charge in [-0.05, 0) is 34.7 Å². The van der Waals surface area contributed by atoms with Gasteiger partial charge in [0.15, 0.2) is 0 Å². The summed E-state index contributed by atoms with van der Waals surface area (Å²) in [5.74, 6) is -0.816. The van der Waals surface area contributed by atoms with Gasteiger partial charge in [-0.1, -0.05) is 38.0 Å². The van der Waals surface area contributed by atoms with Crippen LogP contribution in [0.4, 0.5) is 0 Å². The van der Waals surface area contributed by atoms with Gasteiger partial charge in [0, 0.05) is 5.56 Å². The van der Waals surface area contributed by atoms with E-state index in [1.165, 1.54) is 0 Å². The number of nitrogens with one attached hydrogen (secondary N) is 1. The highest BCUT2D eigenvalue weighted by Crippen LogP contribution is 2.21. The van der Waals surface area contributed by atoms with Crippen LogP contribution in [-0.2, 0) is 20.7 Å². The molecule has 0 bridgehead atoms. The van der Waals surface area contributed by atoms with Crippen LogP contribution in [0.5, 0.6) is 5.75 Å². The molecule has 0 aliphatic rings. The van der Waals surface area contributed by atoms with E-state index in [1.807, 2.05) is 22.6 Å². The van der Waals surface area contributed by atoms with Crippen LogP contribution in [0.3, 0.4) is 0 Å². The van der Waals surface area contributed by atoms with E-state index >= 15 is 0 Å². The van der Waals surface area contributed by atoms with Crippen LogP contribution in [0, 0.1) is 5.92 Å². The topological polar surface area (TPSA) is 76.4 Å². The molecule has 20 heavy (non-hydrogen) atoms. The zero-order valence-corrected chi connectivity index (χ0v) is 13.5. The highest BCUT2D eigenvalue weighted by atomic mass is 127. The van der Waals surface area contributed by atoms with E-state index in [2.05, 4.69) is 0 Å². The van der Waals surface area contributed by atoms with Gasteiger partial charge in [0.05, 0.1) is 6.42 Å². The number of carbonyl (C=O) groups excluding carboxylic acids is 2. The Bertz CT molecular complexity index is 476. The van der Waals surface area contributed by atoms with Crippen molar-refractivity contribution in [1.82, 2.24) is 0 Å². The van der Waals surface area contributed by atoms with Crippen molar-refractivity contribution in [3.05, 3.63) is 35.6 Å². The van der Waals surface area contributed by atoms with Crippen molar-refractivity contribution < 1.29 is 19.1 Å². The van der Waals surface area contributed by atoms with Crippen molar-refractivity contribution in [3.63, 3.8) is 0 Å². The molecule has 110 valence electrons. The van der Waals surface area contributed by atoms with Crippen LogP contribution in [0.15, 0.2) is 24.3 Å². The third kappa shape index (κ3) is 5.09. The highest BCUT2D eigenvalue weighted by molar-refractivity contribution is 14.1. The monoisotopic (exact) mass is 390 g/mol. The Hall–Kier alpha value is -1.15. The maximum Gasteiger partial charge on any atom is 0.311 e. The Labute approximate surface area is 132 Å². The first-order valence-electron chi connectivity index (χ1n) is 6.18. The number of carbonyl (C=O) groups is 2. The quantitative estimate of drug-likeness (QED) is 0.324. The molecule has 1 aromatic rings. The Balaban J connectivity index is 2.80. The average molecular weight is 390 g/mol. The molecule has 0 saturated carbocycles. The number of benzene rings is 1. The summed E-state index contributed by atoms with van der Waals surface area (Å²) in [5.41, 5.74) is 8.27. The number of para-hydroxylation sites is 1. The molecule has 0 fully saturated rings. The van der Waals surface area contributed by atoms with Crippen molar-refractivity contribution in [2.24, 2.45) is 5.92 Å². The largest absolute Gasteiger partial charge is 0.665 e. The third-order valence-corrected chi connectivity index (χ3v) is 2.97. The first-order chi connectivity index (χ1) is 9.45. The van der Waals surface area contributed by atoms with E-state index in [-0.39, 0.29) is 22.9 Å². The first-order valence-corrected chi connectivity index (χ1v) is 7.70. The molecule has 0 amide bonds. The molecule has 1 N–H and O–H groups in total. The molecular weight excluding hydrogens is 373 g/mol. The maximum absolute atomic E-state index is 11.8. The Kier molecular flexibility index (Phi) is 6.94. The van der Waals surface area contributed by atoms with Gasteiger partial charge in [-0.25, -0.2) is 0 Å². The number of hydrogen-bond acceptors (Lipinski definition) is 4. The molecular formula is C14H17INO4-. The summed E-state index contributed by atoms with van der Waals surface area (Å²) >= 11 is 1.94. The SMILES string of the molecule is CC(C)C([NH-])C(=O)Oc1ccccc1CC(=O)OCI. The van der Waals surface area contributed by atoms with Crippen LogP contribution in [0.25, 0.3) is 5.73 Å². The number of alkyl halides is 1. The van der Waals surface area contributed by atoms with Gasteiger partial charge >= 0.3 is 5.97 Å². The molecule has 0 aromatic heterocycles. The lowest BCUT2D eigenvalue weighted by Crippen LogP contribution is -2.27. The predicted molar refractivity (Wildman–Crippen MR) is 83.7 cm³/mol. The molecule has 0 aliphatic heterocycles. The molecule has 0 aliphatic carbocycles. The summed E-state index contributed by atoms with van der Waals surface area (Å²) in [6, 6.07) is 5.84. The van der Waals surface area contributed by atoms with Crippen molar-refractivity contribution in [2.45, 2.75) is 26.3 Å². The molecule has 0 spiro atoms. The summed E-state index contributed by atoms with van der Waals surface area (Å²) < 4.78 is 10.4. The lowest BCUT2D eigenvalue weighted by atomic mass is 10.1. The first kappa shape index (κ1) is 16.9. The average Bonchev–Trinajstić information content (AvgIpc) is 2.40. The van der Waals surface area contributed by atoms with E-state index < -0.39 is 12.0 Å². The second-order valence-electron chi connectivity index (χ2n) is 4.55. The highest BCUT2D eigenvalue weighted by Gasteiger charge is 2.16. The minimum atomic E-state index is -0.940. The van der Waals surface area contributed by atoms with Gasteiger partial charge in [-0.15, -0.1) is 0 Å². The van der Waals surface area contributed by atoms with Crippen LogP contribution in [0.1, 0.15) is 19.4 Å². The summed E-state index contributed by atoms with van der Waals surface area (Å²) in [6.07, 6.45) is 0.0385. The number of esters is 2. The van der Waals surface area contributed by atoms with Crippen molar-refractivity contribution in [3.8, 4) is 5.75 Å². The number of halogens is 1. The zero-order valence-electron chi connectivity index (χ0n) is 11.4. The normalized spacial score (nSPS) is 12.1. The van der Waals surface area contributed by atoms with Crippen molar-refractivity contribution in [1.29, 1.82) is 0 Å². The predicted octanol–water partition coefficient (Wildman–Crippen LogP) is 3.15. The van der Waals surface area contributed by atoms with Gasteiger partial charge in [-0.2, -0.15) is 0 Å². The minimum Gasteiger partial charge on any atom is -0.665 e. The molecule has 1 rings (SSSR count). The van der Waals surface area contributed by atoms with Gasteiger partial charge in [-0.3, -0.25) is 9.59 Å². The molecule has 1 atom stereocenters. The minimum absolute atomic E-state index is 0.0385. The van der Waals surface area contributed by atoms with Gasteiger partial charge in [0.25, 0.3) is 5.97 Å². The molecule has 0 radical (unpaired) electrons. The summed E-state index contributed by atoms with van der Waals surface area (Å²) in [6.45, 7) is 3.56. The summed E-state index contributed by atoms with van der Waals surface area (Å²) in [5, 5.41) is 0. The smallest absolute Gasteiger partial charge is 0.311 e.